The number of amides is 1. The van der Waals surface area contributed by atoms with Gasteiger partial charge in [0.1, 0.15) is 0 Å². The molecule has 1 N–H and O–H groups in total. The van der Waals surface area contributed by atoms with E-state index in [-0.39, 0.29) is 11.5 Å². The Balaban J connectivity index is 1.50. The second-order valence-corrected chi connectivity index (χ2v) is 7.37. The minimum atomic E-state index is -0.992. The molecule has 0 radical (unpaired) electrons. The van der Waals surface area contributed by atoms with Crippen LogP contribution in [-0.4, -0.2) is 63.0 Å². The Hall–Kier alpha value is -3.03. The summed E-state index contributed by atoms with van der Waals surface area (Å²) in [5, 5.41) is 9.18. The molecule has 2 aromatic rings. The topological polar surface area (TPSA) is 99.5 Å². The lowest BCUT2D eigenvalue weighted by Gasteiger charge is -2.34. The number of pyridine rings is 1. The molecule has 4 heterocycles. The quantitative estimate of drug-likeness (QED) is 0.846. The minimum absolute atomic E-state index is 0.179. The standard InChI is InChI=1S/C20H23N5O3/c26-18-4-2-9-24(18)12-14-3-1-10-25(13-14)20-22-8-6-16(23-20)17-11-15(19(27)28)5-7-21-17/h5-8,11,14H,1-4,9-10,12-13H2,(H,27,28). The van der Waals surface area contributed by atoms with E-state index in [2.05, 4.69) is 19.9 Å². The summed E-state index contributed by atoms with van der Waals surface area (Å²) in [4.78, 5) is 40.5. The van der Waals surface area contributed by atoms with Crippen LogP contribution in [0.1, 0.15) is 36.0 Å². The van der Waals surface area contributed by atoms with Crippen LogP contribution in [-0.2, 0) is 4.79 Å². The van der Waals surface area contributed by atoms with Gasteiger partial charge in [0.05, 0.1) is 17.0 Å². The minimum Gasteiger partial charge on any atom is -0.478 e. The zero-order valence-electron chi connectivity index (χ0n) is 15.6. The molecule has 0 spiro atoms. The van der Waals surface area contributed by atoms with Crippen LogP contribution < -0.4 is 4.90 Å². The maximum absolute atomic E-state index is 11.9. The molecule has 0 saturated carbocycles. The van der Waals surface area contributed by atoms with Crippen LogP contribution in [0.5, 0.6) is 0 Å². The fourth-order valence-electron chi connectivity index (χ4n) is 3.95. The summed E-state index contributed by atoms with van der Waals surface area (Å²) in [5.41, 5.74) is 1.29. The highest BCUT2D eigenvalue weighted by molar-refractivity contribution is 5.88. The molecule has 146 valence electrons. The van der Waals surface area contributed by atoms with Crippen LogP contribution in [0.25, 0.3) is 11.4 Å². The van der Waals surface area contributed by atoms with E-state index in [1.54, 1.807) is 12.3 Å². The number of carboxylic acids is 1. The van der Waals surface area contributed by atoms with E-state index in [0.29, 0.717) is 29.7 Å². The van der Waals surface area contributed by atoms with Gasteiger partial charge in [0.25, 0.3) is 0 Å². The van der Waals surface area contributed by atoms with E-state index in [4.69, 9.17) is 0 Å². The third-order valence-electron chi connectivity index (χ3n) is 5.36. The number of piperidine rings is 1. The SMILES string of the molecule is O=C(O)c1ccnc(-c2ccnc(N3CCCC(CN4CCCC4=O)C3)n2)c1. The van der Waals surface area contributed by atoms with E-state index >= 15 is 0 Å². The van der Waals surface area contributed by atoms with E-state index in [0.717, 1.165) is 45.4 Å². The van der Waals surface area contributed by atoms with Crippen molar-refractivity contribution in [2.75, 3.05) is 31.1 Å². The lowest BCUT2D eigenvalue weighted by atomic mass is 9.97. The van der Waals surface area contributed by atoms with Crippen molar-refractivity contribution < 1.29 is 14.7 Å². The Kier molecular flexibility index (Phi) is 5.18. The van der Waals surface area contributed by atoms with Crippen molar-refractivity contribution in [1.82, 2.24) is 19.9 Å². The molecule has 0 aromatic carbocycles. The van der Waals surface area contributed by atoms with Crippen LogP contribution in [0.2, 0.25) is 0 Å². The number of hydrogen-bond donors (Lipinski definition) is 1. The third-order valence-corrected chi connectivity index (χ3v) is 5.36. The van der Waals surface area contributed by atoms with Gasteiger partial charge in [0, 0.05) is 45.0 Å². The average Bonchev–Trinajstić information content (AvgIpc) is 3.13. The fraction of sp³-hybridized carbons (Fsp3) is 0.450. The van der Waals surface area contributed by atoms with Gasteiger partial charge >= 0.3 is 5.97 Å². The summed E-state index contributed by atoms with van der Waals surface area (Å²) < 4.78 is 0. The number of carboxylic acid groups (broad SMARTS) is 1. The van der Waals surface area contributed by atoms with E-state index in [9.17, 15) is 14.7 Å². The predicted octanol–water partition coefficient (Wildman–Crippen LogP) is 2.08. The molecule has 1 unspecified atom stereocenters. The highest BCUT2D eigenvalue weighted by Gasteiger charge is 2.27. The Bertz CT molecular complexity index is 888. The normalized spacial score (nSPS) is 19.9. The first kappa shape index (κ1) is 18.3. The third kappa shape index (κ3) is 3.95. The van der Waals surface area contributed by atoms with Crippen molar-refractivity contribution >= 4 is 17.8 Å². The van der Waals surface area contributed by atoms with Crippen molar-refractivity contribution in [1.29, 1.82) is 0 Å². The first-order valence-corrected chi connectivity index (χ1v) is 9.65. The van der Waals surface area contributed by atoms with Crippen molar-refractivity contribution in [3.63, 3.8) is 0 Å². The number of carbonyl (C=O) groups excluding carboxylic acids is 1. The molecule has 2 aromatic heterocycles. The van der Waals surface area contributed by atoms with Crippen LogP contribution in [0.15, 0.2) is 30.6 Å². The van der Waals surface area contributed by atoms with Gasteiger partial charge in [0.15, 0.2) is 0 Å². The molecule has 8 heteroatoms. The highest BCUT2D eigenvalue weighted by atomic mass is 16.4. The molecule has 0 bridgehead atoms. The van der Waals surface area contributed by atoms with Gasteiger partial charge in [-0.05, 0) is 43.4 Å². The van der Waals surface area contributed by atoms with Crippen molar-refractivity contribution in [2.24, 2.45) is 5.92 Å². The van der Waals surface area contributed by atoms with Crippen LogP contribution in [0.3, 0.4) is 0 Å². The van der Waals surface area contributed by atoms with Crippen LogP contribution in [0.4, 0.5) is 5.95 Å². The van der Waals surface area contributed by atoms with Crippen molar-refractivity contribution in [3.8, 4) is 11.4 Å². The van der Waals surface area contributed by atoms with Gasteiger partial charge in [-0.3, -0.25) is 9.78 Å². The Labute approximate surface area is 163 Å². The zero-order chi connectivity index (χ0) is 19.5. The molecule has 2 aliphatic heterocycles. The second kappa shape index (κ2) is 7.92. The summed E-state index contributed by atoms with van der Waals surface area (Å²) in [6.45, 7) is 3.36. The Morgan fingerprint density at radius 2 is 2.00 bits per heavy atom. The number of rotatable bonds is 5. The highest BCUT2D eigenvalue weighted by Crippen LogP contribution is 2.24. The number of carbonyl (C=O) groups is 2. The van der Waals surface area contributed by atoms with Gasteiger partial charge in [-0.1, -0.05) is 0 Å². The number of aromatic nitrogens is 3. The number of nitrogens with zero attached hydrogens (tertiary/aromatic N) is 5. The van der Waals surface area contributed by atoms with Crippen molar-refractivity contribution in [2.45, 2.75) is 25.7 Å². The maximum atomic E-state index is 11.9. The molecule has 0 aliphatic carbocycles. The summed E-state index contributed by atoms with van der Waals surface area (Å²) >= 11 is 0. The summed E-state index contributed by atoms with van der Waals surface area (Å²) in [7, 11) is 0. The molecule has 4 rings (SSSR count). The zero-order valence-corrected chi connectivity index (χ0v) is 15.6. The van der Waals surface area contributed by atoms with Crippen LogP contribution >= 0.6 is 0 Å². The van der Waals surface area contributed by atoms with Gasteiger partial charge in [-0.2, -0.15) is 0 Å². The smallest absolute Gasteiger partial charge is 0.335 e. The number of anilines is 1. The maximum Gasteiger partial charge on any atom is 0.335 e. The van der Waals surface area contributed by atoms with Crippen LogP contribution in [0, 0.1) is 5.92 Å². The number of hydrogen-bond acceptors (Lipinski definition) is 6. The predicted molar refractivity (Wildman–Crippen MR) is 103 cm³/mol. The molecule has 28 heavy (non-hydrogen) atoms. The van der Waals surface area contributed by atoms with Gasteiger partial charge in [-0.25, -0.2) is 14.8 Å². The largest absolute Gasteiger partial charge is 0.478 e. The summed E-state index contributed by atoms with van der Waals surface area (Å²) in [6.07, 6.45) is 6.92. The van der Waals surface area contributed by atoms with Gasteiger partial charge in [0.2, 0.25) is 11.9 Å². The Morgan fingerprint density at radius 3 is 2.79 bits per heavy atom. The lowest BCUT2D eigenvalue weighted by molar-refractivity contribution is -0.128. The number of likely N-dealkylation sites (tertiary alicyclic amines) is 1. The monoisotopic (exact) mass is 381 g/mol. The summed E-state index contributed by atoms with van der Waals surface area (Å²) in [5.74, 6) is 0.307. The molecule has 1 atom stereocenters. The lowest BCUT2D eigenvalue weighted by Crippen LogP contribution is -2.42. The molecule has 2 aliphatic rings. The molecule has 2 fully saturated rings. The second-order valence-electron chi connectivity index (χ2n) is 7.37. The molecule has 2 saturated heterocycles. The molecule has 8 nitrogen and oxygen atoms in total. The van der Waals surface area contributed by atoms with Crippen molar-refractivity contribution in [3.05, 3.63) is 36.2 Å². The molecular formula is C20H23N5O3. The first-order valence-electron chi connectivity index (χ1n) is 9.65. The van der Waals surface area contributed by atoms with E-state index in [1.165, 1.54) is 18.3 Å². The average molecular weight is 381 g/mol. The van der Waals surface area contributed by atoms with Gasteiger partial charge < -0.3 is 14.9 Å². The summed E-state index contributed by atoms with van der Waals surface area (Å²) in [6, 6.07) is 4.72. The molecule has 1 amide bonds. The Morgan fingerprint density at radius 1 is 1.14 bits per heavy atom. The van der Waals surface area contributed by atoms with E-state index in [1.807, 2.05) is 4.90 Å². The fourth-order valence-corrected chi connectivity index (χ4v) is 3.95. The van der Waals surface area contributed by atoms with Gasteiger partial charge in [-0.15, -0.1) is 0 Å². The molecular weight excluding hydrogens is 358 g/mol. The number of aromatic carboxylic acids is 1. The first-order chi connectivity index (χ1) is 13.6. The van der Waals surface area contributed by atoms with E-state index < -0.39 is 5.97 Å².